The molecule has 1 saturated carbocycles. The molecule has 2 aliphatic heterocycles. The van der Waals surface area contributed by atoms with Crippen LogP contribution in [0.1, 0.15) is 93.0 Å². The van der Waals surface area contributed by atoms with Gasteiger partial charge in [-0.2, -0.15) is 0 Å². The number of carbonyl (C=O) groups excluding carboxylic acids is 1. The van der Waals surface area contributed by atoms with Gasteiger partial charge in [0.05, 0.1) is 25.4 Å². The quantitative estimate of drug-likeness (QED) is 0.129. The van der Waals surface area contributed by atoms with Gasteiger partial charge in [0, 0.05) is 66.4 Å². The maximum absolute atomic E-state index is 13.1. The molecule has 6 N–H and O–H groups in total. The molecule has 0 saturated heterocycles. The van der Waals surface area contributed by atoms with Crippen LogP contribution >= 0.6 is 21.6 Å². The number of benzene rings is 2. The van der Waals surface area contributed by atoms with Crippen molar-refractivity contribution in [3.8, 4) is 34.8 Å². The second kappa shape index (κ2) is 19.6. The van der Waals surface area contributed by atoms with Crippen molar-refractivity contribution in [2.24, 2.45) is 28.5 Å². The van der Waals surface area contributed by atoms with E-state index < -0.39 is 6.10 Å². The van der Waals surface area contributed by atoms with E-state index in [2.05, 4.69) is 42.4 Å². The standard InChI is InChI=1S/C42H58N4O6S2/c1-26(2)37-24-54-53-23-31(21-44-42(43)46-37)30-19-36-28-13-16-34(48)20-33(47)15-12-27-14-17-38(49)40(50-3)35(27)11-7-8-29(18-28)39(41(36)51-22-30)52-25-45-32-9-5-4-6-10-32/h14,17-18,26,30-32,34,37,45,48-49H,4-6,8-10,12-13,15-16,19-25H2,1-3H3,(H3,43,44,46). The number of methoxy groups -OCH3 is 1. The van der Waals surface area contributed by atoms with E-state index in [0.29, 0.717) is 80.5 Å². The highest BCUT2D eigenvalue weighted by molar-refractivity contribution is 8.76. The van der Waals surface area contributed by atoms with Crippen LogP contribution in [-0.4, -0.2) is 78.6 Å². The van der Waals surface area contributed by atoms with Gasteiger partial charge in [-0.1, -0.05) is 78.7 Å². The number of aryl methyl sites for hydroxylation is 2. The third-order valence-electron chi connectivity index (χ3n) is 11.3. The van der Waals surface area contributed by atoms with E-state index in [4.69, 9.17) is 24.9 Å². The zero-order valence-corrected chi connectivity index (χ0v) is 33.7. The molecule has 12 heteroatoms. The molecular formula is C42H58N4O6S2. The van der Waals surface area contributed by atoms with Crippen LogP contribution in [0.15, 0.2) is 23.2 Å². The molecule has 2 heterocycles. The van der Waals surface area contributed by atoms with Crippen molar-refractivity contribution < 1.29 is 29.2 Å². The minimum atomic E-state index is -0.770. The van der Waals surface area contributed by atoms with E-state index in [1.165, 1.54) is 26.4 Å². The lowest BCUT2D eigenvalue weighted by Gasteiger charge is -2.34. The van der Waals surface area contributed by atoms with E-state index in [-0.39, 0.29) is 42.3 Å². The van der Waals surface area contributed by atoms with E-state index in [1.54, 1.807) is 12.1 Å². The Balaban J connectivity index is 1.35. The van der Waals surface area contributed by atoms with Crippen LogP contribution in [-0.2, 0) is 30.5 Å². The minimum absolute atomic E-state index is 0.00102. The van der Waals surface area contributed by atoms with Gasteiger partial charge < -0.3 is 35.5 Å². The lowest BCUT2D eigenvalue weighted by molar-refractivity contribution is -0.121. The Hall–Kier alpha value is -3.24. The molecular weight excluding hydrogens is 721 g/mol. The first-order valence-corrected chi connectivity index (χ1v) is 22.2. The number of carbonyl (C=O) groups is 1. The third kappa shape index (κ3) is 10.5. The van der Waals surface area contributed by atoms with Gasteiger partial charge in [0.25, 0.3) is 0 Å². The Kier molecular flexibility index (Phi) is 14.6. The number of hydrogen-bond donors (Lipinski definition) is 5. The van der Waals surface area contributed by atoms with Gasteiger partial charge in [0.1, 0.15) is 12.5 Å². The molecule has 0 spiro atoms. The van der Waals surface area contributed by atoms with Gasteiger partial charge in [-0.25, -0.2) is 0 Å². The highest BCUT2D eigenvalue weighted by Crippen LogP contribution is 2.45. The maximum Gasteiger partial charge on any atom is 0.188 e. The monoisotopic (exact) mass is 778 g/mol. The van der Waals surface area contributed by atoms with Crippen LogP contribution in [0, 0.1) is 29.6 Å². The molecule has 1 fully saturated rings. The predicted octanol–water partition coefficient (Wildman–Crippen LogP) is 5.94. The van der Waals surface area contributed by atoms with Crippen LogP contribution in [0.3, 0.4) is 0 Å². The topological polar surface area (TPSA) is 148 Å². The molecule has 6 rings (SSSR count). The minimum Gasteiger partial charge on any atom is -0.504 e. The Morgan fingerprint density at radius 2 is 1.85 bits per heavy atom. The molecule has 4 atom stereocenters. The van der Waals surface area contributed by atoms with Crippen molar-refractivity contribution in [1.29, 1.82) is 0 Å². The number of ketones is 1. The van der Waals surface area contributed by atoms with Gasteiger partial charge in [0.2, 0.25) is 0 Å². The molecule has 0 aromatic heterocycles. The number of hydrogen-bond acceptors (Lipinski definition) is 12. The molecule has 10 nitrogen and oxygen atoms in total. The Labute approximate surface area is 328 Å². The summed E-state index contributed by atoms with van der Waals surface area (Å²) in [6.45, 7) is 5.92. The summed E-state index contributed by atoms with van der Waals surface area (Å²) in [5.41, 5.74) is 10.9. The second-order valence-electron chi connectivity index (χ2n) is 15.6. The third-order valence-corrected chi connectivity index (χ3v) is 13.9. The first-order valence-electron chi connectivity index (χ1n) is 19.7. The van der Waals surface area contributed by atoms with Gasteiger partial charge in [-0.05, 0) is 67.6 Å². The number of rotatable bonds is 7. The first kappa shape index (κ1) is 40.4. The number of aliphatic hydroxyl groups is 1. The number of Topliss-reactive ketones (excluding diaryl/α,β-unsaturated/α-hetero) is 1. The number of fused-ring (bicyclic) bond motifs is 5. The van der Waals surface area contributed by atoms with Crippen molar-refractivity contribution in [2.45, 2.75) is 109 Å². The highest BCUT2D eigenvalue weighted by Gasteiger charge is 2.33. The van der Waals surface area contributed by atoms with Gasteiger partial charge in [0.15, 0.2) is 29.0 Å². The Morgan fingerprint density at radius 3 is 2.65 bits per heavy atom. The van der Waals surface area contributed by atoms with Crippen LogP contribution in [0.25, 0.3) is 0 Å². The number of phenols is 1. The average molecular weight is 779 g/mol. The molecule has 4 aliphatic rings. The molecule has 2 aromatic rings. The summed E-state index contributed by atoms with van der Waals surface area (Å²) in [6, 6.07) is 6.25. The summed E-state index contributed by atoms with van der Waals surface area (Å²) in [6.07, 6.45) is 8.26. The summed E-state index contributed by atoms with van der Waals surface area (Å²) in [5.74, 6) is 11.7. The average Bonchev–Trinajstić information content (AvgIpc) is 3.17. The van der Waals surface area contributed by atoms with Crippen LogP contribution < -0.4 is 30.6 Å². The van der Waals surface area contributed by atoms with E-state index in [9.17, 15) is 15.0 Å². The highest BCUT2D eigenvalue weighted by atomic mass is 33.1. The van der Waals surface area contributed by atoms with Gasteiger partial charge in [-0.15, -0.1) is 0 Å². The van der Waals surface area contributed by atoms with Crippen molar-refractivity contribution >= 4 is 33.3 Å². The number of guanidine groups is 1. The fourth-order valence-corrected chi connectivity index (χ4v) is 10.8. The van der Waals surface area contributed by atoms with Crippen LogP contribution in [0.4, 0.5) is 0 Å². The number of phenolic OH excluding ortho intramolecular Hbond substituents is 1. The molecule has 4 unspecified atom stereocenters. The summed E-state index contributed by atoms with van der Waals surface area (Å²) < 4.78 is 19.0. The number of aliphatic imine (C=N–C) groups is 1. The van der Waals surface area contributed by atoms with Crippen LogP contribution in [0.5, 0.6) is 23.0 Å². The summed E-state index contributed by atoms with van der Waals surface area (Å²) >= 11 is 0. The number of nitrogens with two attached hydrogens (primary N) is 1. The van der Waals surface area contributed by atoms with E-state index >= 15 is 0 Å². The molecule has 0 radical (unpaired) electrons. The van der Waals surface area contributed by atoms with Crippen LogP contribution in [0.2, 0.25) is 0 Å². The van der Waals surface area contributed by atoms with Gasteiger partial charge in [-0.3, -0.25) is 15.1 Å². The summed E-state index contributed by atoms with van der Waals surface area (Å²) in [5, 5.41) is 28.8. The number of nitrogens with zero attached hydrogens (tertiary/aromatic N) is 1. The largest absolute Gasteiger partial charge is 0.504 e. The molecule has 2 bridgehead atoms. The number of aliphatic hydroxyl groups excluding tert-OH is 1. The SMILES string of the molecule is COc1c(O)ccc2c1C#CCc1cc(c3c(c1OCNC1CCCCC1)OCC(C1CN=C(N)NC(C(C)C)CSSC1)C3)CCC(O)CC(=O)CC2. The van der Waals surface area contributed by atoms with E-state index in [0.717, 1.165) is 58.8 Å². The zero-order valence-electron chi connectivity index (χ0n) is 32.1. The Morgan fingerprint density at radius 1 is 1.04 bits per heavy atom. The summed E-state index contributed by atoms with van der Waals surface area (Å²) in [4.78, 5) is 17.9. The second-order valence-corrected chi connectivity index (χ2v) is 18.1. The fourth-order valence-electron chi connectivity index (χ4n) is 7.94. The molecule has 2 aromatic carbocycles. The lowest BCUT2D eigenvalue weighted by Crippen LogP contribution is -2.45. The Bertz CT molecular complexity index is 1700. The fraction of sp³-hybridized carbons (Fsp3) is 0.619. The smallest absolute Gasteiger partial charge is 0.188 e. The number of nitrogens with one attached hydrogen (secondary N) is 2. The first-order chi connectivity index (χ1) is 26.2. The van der Waals surface area contributed by atoms with Crippen molar-refractivity contribution in [3.63, 3.8) is 0 Å². The van der Waals surface area contributed by atoms with Crippen molar-refractivity contribution in [2.75, 3.05) is 38.5 Å². The van der Waals surface area contributed by atoms with E-state index in [1.807, 2.05) is 21.6 Å². The zero-order chi connectivity index (χ0) is 38.0. The number of ether oxygens (including phenoxy) is 3. The predicted molar refractivity (Wildman–Crippen MR) is 219 cm³/mol. The van der Waals surface area contributed by atoms with Gasteiger partial charge >= 0.3 is 0 Å². The normalized spacial score (nSPS) is 24.5. The molecule has 2 aliphatic carbocycles. The number of aromatic hydroxyl groups is 1. The lowest BCUT2D eigenvalue weighted by atomic mass is 9.82. The van der Waals surface area contributed by atoms with Crippen molar-refractivity contribution in [3.05, 3.63) is 46.0 Å². The molecule has 0 amide bonds. The molecule has 54 heavy (non-hydrogen) atoms. The molecule has 294 valence electrons. The maximum atomic E-state index is 13.1. The summed E-state index contributed by atoms with van der Waals surface area (Å²) in [7, 11) is 5.30. The van der Waals surface area contributed by atoms with Crippen molar-refractivity contribution in [1.82, 2.24) is 10.6 Å².